The number of nitrogens with two attached hydrogens (primary N) is 1. The highest BCUT2D eigenvalue weighted by Gasteiger charge is 2.20. The van der Waals surface area contributed by atoms with Crippen LogP contribution in [0, 0.1) is 0 Å². The van der Waals surface area contributed by atoms with Gasteiger partial charge in [-0.1, -0.05) is 12.1 Å². The summed E-state index contributed by atoms with van der Waals surface area (Å²) in [4.78, 5) is 21.0. The van der Waals surface area contributed by atoms with Crippen LogP contribution in [0.3, 0.4) is 0 Å². The molecule has 7 heteroatoms. The van der Waals surface area contributed by atoms with Gasteiger partial charge in [0, 0.05) is 18.2 Å². The van der Waals surface area contributed by atoms with E-state index < -0.39 is 0 Å². The molecule has 1 amide bonds. The standard InChI is InChI=1S/C17H21N5O2/c1-24-13-6-2-4-11(8-13)14-10-20-16(18)15(22-14)17(23)21-12-5-3-7-19-9-12/h2,4,6,8,10,12,19H,3,5,7,9H2,1H3,(H2,18,20)(H,21,23). The highest BCUT2D eigenvalue weighted by molar-refractivity contribution is 5.97. The number of amides is 1. The van der Waals surface area contributed by atoms with Crippen molar-refractivity contribution in [1.82, 2.24) is 20.6 Å². The van der Waals surface area contributed by atoms with Gasteiger partial charge in [-0.2, -0.15) is 0 Å². The Balaban J connectivity index is 1.83. The molecule has 1 atom stereocenters. The molecule has 0 saturated carbocycles. The topological polar surface area (TPSA) is 102 Å². The molecule has 1 unspecified atom stereocenters. The molecule has 0 bridgehead atoms. The number of hydrogen-bond acceptors (Lipinski definition) is 6. The molecular weight excluding hydrogens is 306 g/mol. The maximum absolute atomic E-state index is 12.5. The molecule has 2 heterocycles. The van der Waals surface area contributed by atoms with Crippen LogP contribution in [0.4, 0.5) is 5.82 Å². The molecule has 1 aromatic heterocycles. The van der Waals surface area contributed by atoms with Crippen LogP contribution in [0.2, 0.25) is 0 Å². The third-order valence-electron chi connectivity index (χ3n) is 4.01. The molecule has 1 fully saturated rings. The van der Waals surface area contributed by atoms with Gasteiger partial charge in [0.1, 0.15) is 5.75 Å². The van der Waals surface area contributed by atoms with Crippen molar-refractivity contribution < 1.29 is 9.53 Å². The van der Waals surface area contributed by atoms with Crippen molar-refractivity contribution in [1.29, 1.82) is 0 Å². The minimum absolute atomic E-state index is 0.0907. The fraction of sp³-hybridized carbons (Fsp3) is 0.353. The number of nitrogen functional groups attached to an aromatic ring is 1. The fourth-order valence-electron chi connectivity index (χ4n) is 2.72. The zero-order chi connectivity index (χ0) is 16.9. The minimum atomic E-state index is -0.293. The summed E-state index contributed by atoms with van der Waals surface area (Å²) in [7, 11) is 1.60. The Morgan fingerprint density at radius 1 is 1.46 bits per heavy atom. The molecule has 0 spiro atoms. The van der Waals surface area contributed by atoms with Crippen LogP contribution in [0.25, 0.3) is 11.3 Å². The summed E-state index contributed by atoms with van der Waals surface area (Å²) in [6, 6.07) is 7.52. The summed E-state index contributed by atoms with van der Waals surface area (Å²) in [6.45, 7) is 1.74. The van der Waals surface area contributed by atoms with Gasteiger partial charge in [0.2, 0.25) is 0 Å². The first-order valence-electron chi connectivity index (χ1n) is 7.96. The third kappa shape index (κ3) is 3.62. The Bertz CT molecular complexity index is 729. The number of methoxy groups -OCH3 is 1. The average Bonchev–Trinajstić information content (AvgIpc) is 2.63. The number of ether oxygens (including phenoxy) is 1. The lowest BCUT2D eigenvalue weighted by molar-refractivity contribution is 0.0926. The third-order valence-corrected chi connectivity index (χ3v) is 4.01. The number of carbonyl (C=O) groups excluding carboxylic acids is 1. The summed E-state index contributed by atoms with van der Waals surface area (Å²) in [5.41, 5.74) is 7.40. The number of hydrogen-bond donors (Lipinski definition) is 3. The molecule has 126 valence electrons. The second-order valence-electron chi connectivity index (χ2n) is 5.74. The monoisotopic (exact) mass is 327 g/mol. The lowest BCUT2D eigenvalue weighted by Crippen LogP contribution is -2.46. The quantitative estimate of drug-likeness (QED) is 0.780. The Kier molecular flexibility index (Phi) is 4.90. The predicted molar refractivity (Wildman–Crippen MR) is 91.8 cm³/mol. The summed E-state index contributed by atoms with van der Waals surface area (Å²) in [5, 5.41) is 6.23. The zero-order valence-corrected chi connectivity index (χ0v) is 13.6. The van der Waals surface area contributed by atoms with Crippen molar-refractivity contribution in [3.63, 3.8) is 0 Å². The van der Waals surface area contributed by atoms with E-state index in [1.54, 1.807) is 13.3 Å². The van der Waals surface area contributed by atoms with Gasteiger partial charge in [-0.3, -0.25) is 4.79 Å². The van der Waals surface area contributed by atoms with Gasteiger partial charge in [0.15, 0.2) is 11.5 Å². The van der Waals surface area contributed by atoms with Gasteiger partial charge in [-0.25, -0.2) is 9.97 Å². The van der Waals surface area contributed by atoms with E-state index in [0.717, 1.165) is 31.5 Å². The van der Waals surface area contributed by atoms with E-state index in [1.165, 1.54) is 0 Å². The Morgan fingerprint density at radius 2 is 2.33 bits per heavy atom. The van der Waals surface area contributed by atoms with E-state index in [2.05, 4.69) is 20.6 Å². The van der Waals surface area contributed by atoms with Crippen LogP contribution >= 0.6 is 0 Å². The second-order valence-corrected chi connectivity index (χ2v) is 5.74. The maximum Gasteiger partial charge on any atom is 0.274 e. The van der Waals surface area contributed by atoms with Gasteiger partial charge in [0.25, 0.3) is 5.91 Å². The van der Waals surface area contributed by atoms with Crippen LogP contribution in [-0.2, 0) is 0 Å². The summed E-state index contributed by atoms with van der Waals surface area (Å²) >= 11 is 0. The number of rotatable bonds is 4. The number of benzene rings is 1. The molecule has 7 nitrogen and oxygen atoms in total. The van der Waals surface area contributed by atoms with E-state index in [1.807, 2.05) is 24.3 Å². The molecule has 1 aromatic carbocycles. The molecule has 1 saturated heterocycles. The first kappa shape index (κ1) is 16.2. The van der Waals surface area contributed by atoms with Crippen molar-refractivity contribution in [2.45, 2.75) is 18.9 Å². The van der Waals surface area contributed by atoms with E-state index in [0.29, 0.717) is 11.4 Å². The second kappa shape index (κ2) is 7.27. The van der Waals surface area contributed by atoms with Crippen molar-refractivity contribution in [3.05, 3.63) is 36.2 Å². The van der Waals surface area contributed by atoms with E-state index >= 15 is 0 Å². The predicted octanol–water partition coefficient (Wildman–Crippen LogP) is 1.22. The van der Waals surface area contributed by atoms with Gasteiger partial charge in [0.05, 0.1) is 19.0 Å². The highest BCUT2D eigenvalue weighted by atomic mass is 16.5. The number of nitrogens with one attached hydrogen (secondary N) is 2. The van der Waals surface area contributed by atoms with Crippen LogP contribution in [-0.4, -0.2) is 42.1 Å². The average molecular weight is 327 g/mol. The first-order valence-corrected chi connectivity index (χ1v) is 7.96. The normalized spacial score (nSPS) is 17.3. The molecule has 24 heavy (non-hydrogen) atoms. The Morgan fingerprint density at radius 3 is 3.08 bits per heavy atom. The lowest BCUT2D eigenvalue weighted by Gasteiger charge is -2.23. The molecule has 3 rings (SSSR count). The van der Waals surface area contributed by atoms with Crippen molar-refractivity contribution >= 4 is 11.7 Å². The lowest BCUT2D eigenvalue weighted by atomic mass is 10.1. The number of anilines is 1. The SMILES string of the molecule is COc1cccc(-c2cnc(N)c(C(=O)NC3CCCNC3)n2)c1. The van der Waals surface area contributed by atoms with Crippen molar-refractivity contribution in [2.24, 2.45) is 0 Å². The minimum Gasteiger partial charge on any atom is -0.497 e. The molecule has 0 aliphatic carbocycles. The molecule has 0 radical (unpaired) electrons. The maximum atomic E-state index is 12.5. The largest absolute Gasteiger partial charge is 0.497 e. The molecule has 2 aromatic rings. The highest BCUT2D eigenvalue weighted by Crippen LogP contribution is 2.23. The zero-order valence-electron chi connectivity index (χ0n) is 13.6. The van der Waals surface area contributed by atoms with Gasteiger partial charge in [-0.05, 0) is 31.5 Å². The summed E-state index contributed by atoms with van der Waals surface area (Å²) in [5.74, 6) is 0.548. The van der Waals surface area contributed by atoms with E-state index in [9.17, 15) is 4.79 Å². The number of nitrogens with zero attached hydrogens (tertiary/aromatic N) is 2. The van der Waals surface area contributed by atoms with Crippen molar-refractivity contribution in [3.8, 4) is 17.0 Å². The Hall–Kier alpha value is -2.67. The molecule has 1 aliphatic rings. The van der Waals surface area contributed by atoms with Crippen LogP contribution < -0.4 is 21.1 Å². The van der Waals surface area contributed by atoms with E-state index in [4.69, 9.17) is 10.5 Å². The first-order chi connectivity index (χ1) is 11.7. The van der Waals surface area contributed by atoms with Gasteiger partial charge >= 0.3 is 0 Å². The molecule has 1 aliphatic heterocycles. The molecule has 4 N–H and O–H groups in total. The number of piperidine rings is 1. The van der Waals surface area contributed by atoms with Gasteiger partial charge < -0.3 is 21.1 Å². The summed E-state index contributed by atoms with van der Waals surface area (Å²) in [6.07, 6.45) is 3.54. The van der Waals surface area contributed by atoms with Crippen LogP contribution in [0.1, 0.15) is 23.3 Å². The van der Waals surface area contributed by atoms with Gasteiger partial charge in [-0.15, -0.1) is 0 Å². The smallest absolute Gasteiger partial charge is 0.274 e. The number of carbonyl (C=O) groups is 1. The van der Waals surface area contributed by atoms with E-state index in [-0.39, 0.29) is 23.5 Å². The molecular formula is C17H21N5O2. The Labute approximate surface area is 140 Å². The summed E-state index contributed by atoms with van der Waals surface area (Å²) < 4.78 is 5.22. The van der Waals surface area contributed by atoms with Crippen LogP contribution in [0.15, 0.2) is 30.5 Å². The number of aromatic nitrogens is 2. The van der Waals surface area contributed by atoms with Crippen molar-refractivity contribution in [2.75, 3.05) is 25.9 Å². The fourth-order valence-corrected chi connectivity index (χ4v) is 2.72. The van der Waals surface area contributed by atoms with Crippen LogP contribution in [0.5, 0.6) is 5.75 Å².